The molecule has 0 aliphatic carbocycles. The van der Waals surface area contributed by atoms with Gasteiger partial charge in [-0.15, -0.1) is 0 Å². The molecule has 0 aliphatic heterocycles. The second kappa shape index (κ2) is 14.3. The molecule has 0 radical (unpaired) electrons. The predicted molar refractivity (Wildman–Crippen MR) is 120 cm³/mol. The van der Waals surface area contributed by atoms with Gasteiger partial charge in [0.1, 0.15) is 24.4 Å². The van der Waals surface area contributed by atoms with Gasteiger partial charge in [0, 0.05) is 11.1 Å². The molecule has 0 amide bonds. The molecule has 0 aliphatic rings. The molecule has 0 aromatic heterocycles. The average Bonchev–Trinajstić information content (AvgIpc) is 2.79. The molecule has 0 N–H and O–H groups in total. The van der Waals surface area contributed by atoms with Gasteiger partial charge in [0.15, 0.2) is 5.78 Å². The standard InChI is InChI=1S/C13H17NO4.C11H12O3/c1-4-18-13(15)9-12(14-17-3)10-5-7-11(16-2)8-6-10;1-8(12)7-11(13)9-3-5-10(14-2)6-4-9/h5-8H,4,9H2,1-3H3;3-6H,7H2,1-2H3. The Bertz CT molecular complexity index is 903. The summed E-state index contributed by atoms with van der Waals surface area (Å²) in [4.78, 5) is 38.3. The van der Waals surface area contributed by atoms with Gasteiger partial charge in [0.25, 0.3) is 0 Å². The lowest BCUT2D eigenvalue weighted by Gasteiger charge is -2.06. The summed E-state index contributed by atoms with van der Waals surface area (Å²) >= 11 is 0. The molecular formula is C24H29NO7. The third-order valence-electron chi connectivity index (χ3n) is 4.06. The lowest BCUT2D eigenvalue weighted by atomic mass is 10.1. The van der Waals surface area contributed by atoms with Crippen LogP contribution in [0.4, 0.5) is 0 Å². The number of Topliss-reactive ketones (excluding diaryl/α,β-unsaturated/α-hetero) is 2. The lowest BCUT2D eigenvalue weighted by Crippen LogP contribution is -2.12. The van der Waals surface area contributed by atoms with Crippen LogP contribution in [-0.4, -0.2) is 51.2 Å². The van der Waals surface area contributed by atoms with Crippen LogP contribution < -0.4 is 9.47 Å². The summed E-state index contributed by atoms with van der Waals surface area (Å²) in [5.74, 6) is 0.839. The maximum Gasteiger partial charge on any atom is 0.312 e. The highest BCUT2D eigenvalue weighted by molar-refractivity contribution is 6.09. The molecule has 0 heterocycles. The topological polar surface area (TPSA) is 100 Å². The van der Waals surface area contributed by atoms with Gasteiger partial charge in [-0.05, 0) is 62.4 Å². The van der Waals surface area contributed by atoms with Crippen LogP contribution in [-0.2, 0) is 19.2 Å². The molecule has 2 rings (SSSR count). The third-order valence-corrected chi connectivity index (χ3v) is 4.06. The summed E-state index contributed by atoms with van der Waals surface area (Å²) < 4.78 is 14.9. The van der Waals surface area contributed by atoms with Crippen LogP contribution in [0, 0.1) is 0 Å². The van der Waals surface area contributed by atoms with Crippen molar-refractivity contribution in [2.75, 3.05) is 27.9 Å². The van der Waals surface area contributed by atoms with Gasteiger partial charge in [-0.1, -0.05) is 5.16 Å². The highest BCUT2D eigenvalue weighted by Crippen LogP contribution is 2.14. The molecular weight excluding hydrogens is 414 g/mol. The normalized spacial score (nSPS) is 10.3. The van der Waals surface area contributed by atoms with Gasteiger partial charge in [0.05, 0.1) is 39.4 Å². The van der Waals surface area contributed by atoms with Gasteiger partial charge >= 0.3 is 5.97 Å². The first-order valence-corrected chi connectivity index (χ1v) is 9.91. The Balaban J connectivity index is 0.000000330. The fraction of sp³-hybridized carbons (Fsp3) is 0.333. The minimum atomic E-state index is -0.330. The minimum absolute atomic E-state index is 0.0354. The Hall–Kier alpha value is -3.68. The first kappa shape index (κ1) is 26.4. The number of carbonyl (C=O) groups excluding carboxylic acids is 3. The van der Waals surface area contributed by atoms with Crippen molar-refractivity contribution in [1.82, 2.24) is 0 Å². The van der Waals surface area contributed by atoms with Crippen molar-refractivity contribution in [3.8, 4) is 11.5 Å². The maximum atomic E-state index is 11.4. The van der Waals surface area contributed by atoms with Gasteiger partial charge in [-0.2, -0.15) is 0 Å². The molecule has 32 heavy (non-hydrogen) atoms. The van der Waals surface area contributed by atoms with Crippen molar-refractivity contribution >= 4 is 23.2 Å². The van der Waals surface area contributed by atoms with E-state index in [0.717, 1.165) is 11.3 Å². The average molecular weight is 443 g/mol. The van der Waals surface area contributed by atoms with E-state index in [2.05, 4.69) is 5.16 Å². The maximum absolute atomic E-state index is 11.4. The largest absolute Gasteiger partial charge is 0.497 e. The van der Waals surface area contributed by atoms with Crippen LogP contribution in [0.15, 0.2) is 53.7 Å². The second-order valence-corrected chi connectivity index (χ2v) is 6.46. The lowest BCUT2D eigenvalue weighted by molar-refractivity contribution is -0.141. The van der Waals surface area contributed by atoms with E-state index < -0.39 is 0 Å². The zero-order valence-electron chi connectivity index (χ0n) is 19.0. The summed E-state index contributed by atoms with van der Waals surface area (Å²) in [6.45, 7) is 3.52. The number of carbonyl (C=O) groups is 3. The third kappa shape index (κ3) is 9.42. The van der Waals surface area contributed by atoms with Crippen LogP contribution in [0.3, 0.4) is 0 Å². The predicted octanol–water partition coefficient (Wildman–Crippen LogP) is 3.86. The number of nitrogens with zero attached hydrogens (tertiary/aromatic N) is 1. The van der Waals surface area contributed by atoms with Gasteiger partial charge in [-0.3, -0.25) is 14.4 Å². The number of ether oxygens (including phenoxy) is 3. The second-order valence-electron chi connectivity index (χ2n) is 6.46. The van der Waals surface area contributed by atoms with Crippen molar-refractivity contribution in [3.05, 3.63) is 59.7 Å². The SMILES string of the molecule is CCOC(=O)CC(=NOC)c1ccc(OC)cc1.COc1ccc(C(=O)CC(C)=O)cc1. The number of rotatable bonds is 10. The fourth-order valence-corrected chi connectivity index (χ4v) is 2.53. The number of esters is 1. The molecule has 0 fully saturated rings. The zero-order valence-corrected chi connectivity index (χ0v) is 19.0. The molecule has 0 atom stereocenters. The highest BCUT2D eigenvalue weighted by Gasteiger charge is 2.12. The van der Waals surface area contributed by atoms with Crippen molar-refractivity contribution in [2.45, 2.75) is 26.7 Å². The van der Waals surface area contributed by atoms with E-state index in [-0.39, 0.29) is 30.4 Å². The number of ketones is 2. The van der Waals surface area contributed by atoms with Crippen LogP contribution in [0.1, 0.15) is 42.6 Å². The van der Waals surface area contributed by atoms with Gasteiger partial charge in [-0.25, -0.2) is 0 Å². The van der Waals surface area contributed by atoms with Gasteiger partial charge in [0.2, 0.25) is 0 Å². The first-order valence-electron chi connectivity index (χ1n) is 9.91. The number of benzene rings is 2. The quantitative estimate of drug-likeness (QED) is 0.181. The molecule has 0 unspecified atom stereocenters. The summed E-state index contributed by atoms with van der Waals surface area (Å²) in [6.07, 6.45) is 0.0420. The molecule has 2 aromatic carbocycles. The van der Waals surface area contributed by atoms with E-state index in [9.17, 15) is 14.4 Å². The van der Waals surface area contributed by atoms with Gasteiger partial charge < -0.3 is 19.0 Å². The monoisotopic (exact) mass is 443 g/mol. The van der Waals surface area contributed by atoms with E-state index in [1.165, 1.54) is 14.0 Å². The van der Waals surface area contributed by atoms with E-state index in [1.807, 2.05) is 12.1 Å². The molecule has 8 heteroatoms. The Morgan fingerprint density at radius 3 is 1.69 bits per heavy atom. The van der Waals surface area contributed by atoms with Crippen LogP contribution >= 0.6 is 0 Å². The summed E-state index contributed by atoms with van der Waals surface area (Å²) in [6, 6.07) is 13.9. The van der Waals surface area contributed by atoms with Crippen molar-refractivity contribution < 1.29 is 33.4 Å². The molecule has 0 spiro atoms. The molecule has 0 saturated carbocycles. The highest BCUT2D eigenvalue weighted by atomic mass is 16.6. The number of hydrogen-bond acceptors (Lipinski definition) is 8. The summed E-state index contributed by atoms with van der Waals surface area (Å²) in [5.41, 5.74) is 1.87. The number of oxime groups is 1. The minimum Gasteiger partial charge on any atom is -0.497 e. The zero-order chi connectivity index (χ0) is 23.9. The Kier molecular flexibility index (Phi) is 11.8. The summed E-state index contributed by atoms with van der Waals surface area (Å²) in [7, 11) is 4.60. The first-order chi connectivity index (χ1) is 15.3. The van der Waals surface area contributed by atoms with E-state index in [4.69, 9.17) is 19.0 Å². The number of hydrogen-bond donors (Lipinski definition) is 0. The Labute approximate surface area is 188 Å². The Morgan fingerprint density at radius 2 is 1.28 bits per heavy atom. The van der Waals surface area contributed by atoms with Crippen molar-refractivity contribution in [2.24, 2.45) is 5.16 Å². The van der Waals surface area contributed by atoms with Crippen LogP contribution in [0.2, 0.25) is 0 Å². The van der Waals surface area contributed by atoms with E-state index in [0.29, 0.717) is 23.6 Å². The van der Waals surface area contributed by atoms with Crippen molar-refractivity contribution in [3.63, 3.8) is 0 Å². The number of methoxy groups -OCH3 is 2. The van der Waals surface area contributed by atoms with Crippen LogP contribution in [0.5, 0.6) is 11.5 Å². The van der Waals surface area contributed by atoms with Crippen LogP contribution in [0.25, 0.3) is 0 Å². The molecule has 0 bridgehead atoms. The smallest absolute Gasteiger partial charge is 0.312 e. The van der Waals surface area contributed by atoms with Crippen molar-refractivity contribution in [1.29, 1.82) is 0 Å². The van der Waals surface area contributed by atoms with E-state index in [1.54, 1.807) is 57.5 Å². The van der Waals surface area contributed by atoms with E-state index >= 15 is 0 Å². The molecule has 172 valence electrons. The summed E-state index contributed by atoms with van der Waals surface area (Å²) in [5, 5.41) is 3.85. The molecule has 0 saturated heterocycles. The fourth-order valence-electron chi connectivity index (χ4n) is 2.53. The molecule has 2 aromatic rings. The molecule has 8 nitrogen and oxygen atoms in total. The Morgan fingerprint density at radius 1 is 0.781 bits per heavy atom.